The molecule has 1 atom stereocenters. The van der Waals surface area contributed by atoms with Gasteiger partial charge in [0.2, 0.25) is 0 Å². The van der Waals surface area contributed by atoms with Gasteiger partial charge in [-0.05, 0) is 64.2 Å². The first-order valence-corrected chi connectivity index (χ1v) is 10.2. The van der Waals surface area contributed by atoms with E-state index in [2.05, 4.69) is 23.4 Å². The standard InChI is InChI=1S/C24H33FN2O2/c1-7-24(15-17(4)9-8-10-23(28)29)11-12-27(24)22-14-20(18(5)26-6)19(16(2)3)13-21(22)25/h9,13-14H,2,7-8,10-12,15H2,1,3-6H3,(H,28,29)/b17-9-,26-18?. The van der Waals surface area contributed by atoms with Gasteiger partial charge in [-0.25, -0.2) is 4.39 Å². The van der Waals surface area contributed by atoms with Gasteiger partial charge in [0.15, 0.2) is 0 Å². The second-order valence-corrected chi connectivity index (χ2v) is 8.08. The van der Waals surface area contributed by atoms with Gasteiger partial charge in [-0.1, -0.05) is 30.7 Å². The normalized spacial score (nSPS) is 19.9. The molecule has 1 unspecified atom stereocenters. The Balaban J connectivity index is 2.38. The molecule has 0 amide bonds. The predicted octanol–water partition coefficient (Wildman–Crippen LogP) is 5.86. The first kappa shape index (κ1) is 22.9. The van der Waals surface area contributed by atoms with Gasteiger partial charge in [0.1, 0.15) is 5.82 Å². The number of aliphatic carboxylic acids is 1. The van der Waals surface area contributed by atoms with Gasteiger partial charge in [-0.3, -0.25) is 9.79 Å². The summed E-state index contributed by atoms with van der Waals surface area (Å²) in [6.45, 7) is 12.8. The lowest BCUT2D eigenvalue weighted by Gasteiger charge is -2.55. The smallest absolute Gasteiger partial charge is 0.303 e. The lowest BCUT2D eigenvalue weighted by molar-refractivity contribution is -0.136. The van der Waals surface area contributed by atoms with Gasteiger partial charge in [-0.2, -0.15) is 0 Å². The minimum Gasteiger partial charge on any atom is -0.481 e. The van der Waals surface area contributed by atoms with Crippen LogP contribution in [0.1, 0.15) is 70.9 Å². The van der Waals surface area contributed by atoms with Crippen LogP contribution in [0.25, 0.3) is 5.57 Å². The molecule has 0 spiro atoms. The van der Waals surface area contributed by atoms with Crippen molar-refractivity contribution in [1.29, 1.82) is 0 Å². The Bertz CT molecular complexity index is 853. The molecule has 5 heteroatoms. The maximum Gasteiger partial charge on any atom is 0.303 e. The van der Waals surface area contributed by atoms with Crippen LogP contribution in [0.15, 0.2) is 35.4 Å². The van der Waals surface area contributed by atoms with Gasteiger partial charge in [-0.15, -0.1) is 0 Å². The minimum absolute atomic E-state index is 0.135. The Morgan fingerprint density at radius 1 is 1.34 bits per heavy atom. The minimum atomic E-state index is -0.787. The van der Waals surface area contributed by atoms with Crippen LogP contribution in [0.5, 0.6) is 0 Å². The summed E-state index contributed by atoms with van der Waals surface area (Å²) >= 11 is 0. The number of benzene rings is 1. The lowest BCUT2D eigenvalue weighted by atomic mass is 9.76. The summed E-state index contributed by atoms with van der Waals surface area (Å²) in [7, 11) is 1.74. The maximum atomic E-state index is 15.1. The van der Waals surface area contributed by atoms with Gasteiger partial charge < -0.3 is 10.0 Å². The fourth-order valence-corrected chi connectivity index (χ4v) is 4.17. The third-order valence-corrected chi connectivity index (χ3v) is 6.05. The highest BCUT2D eigenvalue weighted by atomic mass is 19.1. The number of carboxylic acids is 1. The molecule has 1 aliphatic rings. The second kappa shape index (κ2) is 9.38. The molecule has 0 saturated carbocycles. The number of nitrogens with zero attached hydrogens (tertiary/aromatic N) is 2. The predicted molar refractivity (Wildman–Crippen MR) is 119 cm³/mol. The van der Waals surface area contributed by atoms with Crippen molar-refractivity contribution in [3.8, 4) is 0 Å². The number of carbonyl (C=O) groups is 1. The highest BCUT2D eigenvalue weighted by molar-refractivity contribution is 6.03. The van der Waals surface area contributed by atoms with Crippen molar-refractivity contribution in [2.45, 2.75) is 65.3 Å². The Labute approximate surface area is 173 Å². The van der Waals surface area contributed by atoms with E-state index >= 15 is 4.39 Å². The quantitative estimate of drug-likeness (QED) is 0.417. The zero-order valence-corrected chi connectivity index (χ0v) is 18.3. The molecule has 2 rings (SSSR count). The average molecular weight is 401 g/mol. The van der Waals surface area contributed by atoms with Crippen molar-refractivity contribution in [2.75, 3.05) is 18.5 Å². The molecule has 1 aliphatic heterocycles. The topological polar surface area (TPSA) is 52.9 Å². The van der Waals surface area contributed by atoms with Crippen LogP contribution in [0.2, 0.25) is 0 Å². The van der Waals surface area contributed by atoms with E-state index in [-0.39, 0.29) is 17.8 Å². The molecule has 1 aromatic carbocycles. The third kappa shape index (κ3) is 4.95. The number of halogens is 1. The summed E-state index contributed by atoms with van der Waals surface area (Å²) in [6.07, 6.45) is 5.36. The molecular formula is C24H33FN2O2. The molecule has 0 aliphatic carbocycles. The first-order valence-electron chi connectivity index (χ1n) is 10.2. The zero-order chi connectivity index (χ0) is 21.8. The number of hydrogen-bond acceptors (Lipinski definition) is 3. The van der Waals surface area contributed by atoms with Crippen LogP contribution < -0.4 is 4.90 Å². The van der Waals surface area contributed by atoms with Crippen molar-refractivity contribution in [3.63, 3.8) is 0 Å². The van der Waals surface area contributed by atoms with E-state index in [9.17, 15) is 4.79 Å². The summed E-state index contributed by atoms with van der Waals surface area (Å²) < 4.78 is 15.1. The van der Waals surface area contributed by atoms with Gasteiger partial charge in [0.25, 0.3) is 0 Å². The van der Waals surface area contributed by atoms with Crippen LogP contribution >= 0.6 is 0 Å². The highest BCUT2D eigenvalue weighted by Gasteiger charge is 2.44. The fraction of sp³-hybridized carbons (Fsp3) is 0.500. The maximum absolute atomic E-state index is 15.1. The molecule has 1 heterocycles. The summed E-state index contributed by atoms with van der Waals surface area (Å²) in [5, 5.41) is 8.84. The van der Waals surface area contributed by atoms with Gasteiger partial charge in [0, 0.05) is 36.8 Å². The average Bonchev–Trinajstić information content (AvgIpc) is 2.65. The van der Waals surface area contributed by atoms with E-state index in [0.29, 0.717) is 12.1 Å². The van der Waals surface area contributed by atoms with Crippen molar-refractivity contribution in [1.82, 2.24) is 0 Å². The van der Waals surface area contributed by atoms with Crippen molar-refractivity contribution >= 4 is 22.9 Å². The van der Waals surface area contributed by atoms with E-state index in [4.69, 9.17) is 5.11 Å². The Hall–Kier alpha value is -2.43. The van der Waals surface area contributed by atoms with Gasteiger partial charge >= 0.3 is 5.97 Å². The summed E-state index contributed by atoms with van der Waals surface area (Å²) in [4.78, 5) is 17.2. The molecule has 0 radical (unpaired) electrons. The lowest BCUT2D eigenvalue weighted by Crippen LogP contribution is -2.60. The molecule has 1 aromatic rings. The summed E-state index contributed by atoms with van der Waals surface area (Å²) in [5.41, 5.74) is 5.02. The summed E-state index contributed by atoms with van der Waals surface area (Å²) in [6, 6.07) is 3.49. The fourth-order valence-electron chi connectivity index (χ4n) is 4.17. The molecule has 0 bridgehead atoms. The number of carboxylic acid groups (broad SMARTS) is 1. The molecular weight excluding hydrogens is 367 g/mol. The van der Waals surface area contributed by atoms with Crippen molar-refractivity contribution < 1.29 is 14.3 Å². The third-order valence-electron chi connectivity index (χ3n) is 6.05. The van der Waals surface area contributed by atoms with E-state index in [1.165, 1.54) is 0 Å². The SMILES string of the molecule is C=C(C)c1cc(F)c(N2CCC2(CC)C/C(C)=C\CCC(=O)O)cc1C(C)=NC. The first-order chi connectivity index (χ1) is 13.6. The number of hydrogen-bond donors (Lipinski definition) is 1. The van der Waals surface area contributed by atoms with E-state index in [1.54, 1.807) is 13.1 Å². The van der Waals surface area contributed by atoms with Gasteiger partial charge in [0.05, 0.1) is 5.69 Å². The number of aliphatic imine (C=N–C) groups is 1. The molecule has 158 valence electrons. The van der Waals surface area contributed by atoms with Crippen LogP contribution in [-0.4, -0.2) is 35.9 Å². The van der Waals surface area contributed by atoms with E-state index < -0.39 is 5.97 Å². The van der Waals surface area contributed by atoms with E-state index in [0.717, 1.165) is 53.8 Å². The zero-order valence-electron chi connectivity index (χ0n) is 18.3. The highest BCUT2D eigenvalue weighted by Crippen LogP contribution is 2.44. The number of anilines is 1. The van der Waals surface area contributed by atoms with Crippen LogP contribution in [0, 0.1) is 5.82 Å². The Kier molecular flexibility index (Phi) is 7.39. The van der Waals surface area contributed by atoms with E-state index in [1.807, 2.05) is 32.9 Å². The molecule has 1 N–H and O–H groups in total. The molecule has 29 heavy (non-hydrogen) atoms. The monoisotopic (exact) mass is 400 g/mol. The Morgan fingerprint density at radius 3 is 2.52 bits per heavy atom. The Morgan fingerprint density at radius 2 is 2.03 bits per heavy atom. The van der Waals surface area contributed by atoms with Crippen LogP contribution in [0.4, 0.5) is 10.1 Å². The summed E-state index contributed by atoms with van der Waals surface area (Å²) in [5.74, 6) is -1.02. The molecule has 4 nitrogen and oxygen atoms in total. The van der Waals surface area contributed by atoms with Crippen LogP contribution in [-0.2, 0) is 4.79 Å². The van der Waals surface area contributed by atoms with Crippen LogP contribution in [0.3, 0.4) is 0 Å². The van der Waals surface area contributed by atoms with Crippen molar-refractivity contribution in [2.24, 2.45) is 4.99 Å². The second-order valence-electron chi connectivity index (χ2n) is 8.08. The van der Waals surface area contributed by atoms with Crippen molar-refractivity contribution in [3.05, 3.63) is 47.3 Å². The number of allylic oxidation sites excluding steroid dienone is 2. The number of rotatable bonds is 9. The molecule has 1 saturated heterocycles. The molecule has 1 fully saturated rings. The largest absolute Gasteiger partial charge is 0.481 e. The molecule has 0 aromatic heterocycles.